The Morgan fingerprint density at radius 2 is 1.84 bits per heavy atom. The van der Waals surface area contributed by atoms with Crippen LogP contribution in [0.15, 0.2) is 52.9 Å². The molecule has 0 amide bonds. The monoisotopic (exact) mass is 559 g/mol. The van der Waals surface area contributed by atoms with Gasteiger partial charge in [0.25, 0.3) is 10.0 Å². The first-order valence-electron chi connectivity index (χ1n) is 11.5. The first kappa shape index (κ1) is 25.9. The van der Waals surface area contributed by atoms with E-state index in [1.165, 1.54) is 30.5 Å². The summed E-state index contributed by atoms with van der Waals surface area (Å²) in [5, 5.41) is 1.64. The molecule has 0 aliphatic carbocycles. The van der Waals surface area contributed by atoms with Gasteiger partial charge in [0.15, 0.2) is 5.13 Å². The molecule has 3 aromatic rings. The molecule has 37 heavy (non-hydrogen) atoms. The lowest BCUT2D eigenvalue weighted by atomic mass is 9.84. The smallest absolute Gasteiger partial charge is 0.391 e. The molecule has 1 aromatic heterocycles. The molecule has 2 aromatic carbocycles. The van der Waals surface area contributed by atoms with E-state index in [1.807, 2.05) is 4.90 Å². The molecule has 6 nitrogen and oxygen atoms in total. The third kappa shape index (κ3) is 5.30. The molecular formula is C24H22F5N3O3S2. The molecule has 1 N–H and O–H groups in total. The van der Waals surface area contributed by atoms with E-state index in [4.69, 9.17) is 4.74 Å². The third-order valence-electron chi connectivity index (χ3n) is 6.78. The summed E-state index contributed by atoms with van der Waals surface area (Å²) in [4.78, 5) is 5.09. The van der Waals surface area contributed by atoms with Crippen LogP contribution in [0.3, 0.4) is 0 Å². The van der Waals surface area contributed by atoms with Gasteiger partial charge in [0.1, 0.15) is 22.3 Å². The highest BCUT2D eigenvalue weighted by Crippen LogP contribution is 2.48. The van der Waals surface area contributed by atoms with Crippen molar-refractivity contribution >= 4 is 26.5 Å². The Bertz CT molecular complexity index is 1370. The maximum atomic E-state index is 15.2. The molecule has 1 fully saturated rings. The van der Waals surface area contributed by atoms with Gasteiger partial charge in [-0.05, 0) is 43.1 Å². The van der Waals surface area contributed by atoms with Crippen LogP contribution >= 0.6 is 11.3 Å². The third-order valence-corrected chi connectivity index (χ3v) is 8.95. The van der Waals surface area contributed by atoms with Crippen molar-refractivity contribution in [1.82, 2.24) is 9.88 Å². The molecule has 5 rings (SSSR count). The zero-order valence-corrected chi connectivity index (χ0v) is 20.8. The molecule has 3 unspecified atom stereocenters. The van der Waals surface area contributed by atoms with E-state index < -0.39 is 50.7 Å². The summed E-state index contributed by atoms with van der Waals surface area (Å²) in [5.74, 6) is -2.90. The lowest BCUT2D eigenvalue weighted by Crippen LogP contribution is -2.44. The minimum Gasteiger partial charge on any atom is -0.493 e. The molecule has 2 aliphatic rings. The number of sulfonamides is 1. The minimum atomic E-state index is -4.38. The number of ether oxygens (including phenoxy) is 1. The second-order valence-electron chi connectivity index (χ2n) is 8.98. The van der Waals surface area contributed by atoms with Crippen LogP contribution in [0.2, 0.25) is 0 Å². The van der Waals surface area contributed by atoms with Gasteiger partial charge in [-0.3, -0.25) is 9.62 Å². The lowest BCUT2D eigenvalue weighted by Gasteiger charge is -2.46. The van der Waals surface area contributed by atoms with Gasteiger partial charge in [-0.25, -0.2) is 22.2 Å². The number of nitrogens with zero attached hydrogens (tertiary/aromatic N) is 2. The topological polar surface area (TPSA) is 71.5 Å². The maximum absolute atomic E-state index is 15.2. The number of aromatic nitrogens is 1. The van der Waals surface area contributed by atoms with Crippen molar-refractivity contribution in [3.8, 4) is 5.75 Å². The highest BCUT2D eigenvalue weighted by Gasteiger charge is 2.46. The van der Waals surface area contributed by atoms with Gasteiger partial charge >= 0.3 is 6.18 Å². The van der Waals surface area contributed by atoms with Crippen LogP contribution in [0, 0.1) is 17.6 Å². The Kier molecular flexibility index (Phi) is 6.88. The summed E-state index contributed by atoms with van der Waals surface area (Å²) < 4.78 is 103. The summed E-state index contributed by atoms with van der Waals surface area (Å²) in [7, 11) is -4.30. The van der Waals surface area contributed by atoms with Crippen molar-refractivity contribution in [3.05, 3.63) is 70.7 Å². The van der Waals surface area contributed by atoms with Crippen LogP contribution in [0.1, 0.15) is 42.5 Å². The molecule has 0 radical (unpaired) electrons. The Morgan fingerprint density at radius 3 is 2.51 bits per heavy atom. The normalized spacial score (nSPS) is 22.8. The fourth-order valence-corrected chi connectivity index (χ4v) is 6.90. The summed E-state index contributed by atoms with van der Waals surface area (Å²) in [6.07, 6.45) is -2.98. The van der Waals surface area contributed by atoms with Crippen molar-refractivity contribution in [2.24, 2.45) is 5.92 Å². The summed E-state index contributed by atoms with van der Waals surface area (Å²) in [6, 6.07) is 6.29. The quantitative estimate of drug-likeness (QED) is 0.385. The second-order valence-corrected chi connectivity index (χ2v) is 11.5. The number of piperidine rings is 1. The number of nitrogens with one attached hydrogen (secondary N) is 1. The van der Waals surface area contributed by atoms with Crippen molar-refractivity contribution in [3.63, 3.8) is 0 Å². The van der Waals surface area contributed by atoms with E-state index in [2.05, 4.69) is 9.71 Å². The van der Waals surface area contributed by atoms with Crippen molar-refractivity contribution in [1.29, 1.82) is 0 Å². The minimum absolute atomic E-state index is 0.0730. The first-order valence-corrected chi connectivity index (χ1v) is 13.9. The predicted octanol–water partition coefficient (Wildman–Crippen LogP) is 6.06. The number of thiazole rings is 1. The highest BCUT2D eigenvalue weighted by atomic mass is 32.2. The number of likely N-dealkylation sites (tertiary alicyclic amines) is 1. The van der Waals surface area contributed by atoms with Gasteiger partial charge < -0.3 is 4.74 Å². The highest BCUT2D eigenvalue weighted by molar-refractivity contribution is 7.93. The number of hydrogen-bond donors (Lipinski definition) is 1. The second kappa shape index (κ2) is 9.84. The van der Waals surface area contributed by atoms with Crippen molar-refractivity contribution < 1.29 is 35.1 Å². The van der Waals surface area contributed by atoms with Gasteiger partial charge in [-0.2, -0.15) is 13.2 Å². The number of halogens is 5. The average Bonchev–Trinajstić information content (AvgIpc) is 3.35. The molecule has 2 aliphatic heterocycles. The fraction of sp³-hybridized carbons (Fsp3) is 0.375. The van der Waals surface area contributed by atoms with E-state index in [9.17, 15) is 26.0 Å². The maximum Gasteiger partial charge on any atom is 0.391 e. The molecule has 0 bridgehead atoms. The van der Waals surface area contributed by atoms with Crippen molar-refractivity contribution in [2.75, 3.05) is 17.9 Å². The molecule has 3 heterocycles. The Morgan fingerprint density at radius 1 is 1.08 bits per heavy atom. The number of alkyl halides is 3. The van der Waals surface area contributed by atoms with Gasteiger partial charge in [0.05, 0.1) is 12.5 Å². The van der Waals surface area contributed by atoms with Gasteiger partial charge in [-0.15, -0.1) is 11.3 Å². The molecule has 0 saturated carbocycles. The molecule has 3 atom stereocenters. The zero-order valence-electron chi connectivity index (χ0n) is 19.2. The standard InChI is InChI=1S/C24H22F5N3O3S2/c25-16-3-1-14(2-4-16)20-11-15(24(27,28)29)5-8-32(20)19-6-9-35-21-13-22(18(26)12-17(19)21)37(33,34)31-23-30-7-10-36-23/h1-4,7,10,12-13,15,19-20H,5-6,8-9,11H2,(H,30,31). The van der Waals surface area contributed by atoms with E-state index in [-0.39, 0.29) is 36.9 Å². The molecular weight excluding hydrogens is 537 g/mol. The van der Waals surface area contributed by atoms with E-state index in [0.717, 1.165) is 23.5 Å². The molecule has 1 saturated heterocycles. The van der Waals surface area contributed by atoms with Crippen LogP contribution in [-0.2, 0) is 10.0 Å². The lowest BCUT2D eigenvalue weighted by molar-refractivity contribution is -0.192. The van der Waals surface area contributed by atoms with Crippen LogP contribution in [0.4, 0.5) is 27.1 Å². The van der Waals surface area contributed by atoms with Crippen LogP contribution in [0.25, 0.3) is 0 Å². The van der Waals surface area contributed by atoms with E-state index in [0.29, 0.717) is 17.5 Å². The van der Waals surface area contributed by atoms with Crippen molar-refractivity contribution in [2.45, 2.75) is 42.4 Å². The van der Waals surface area contributed by atoms with Crippen LogP contribution in [0.5, 0.6) is 5.75 Å². The van der Waals surface area contributed by atoms with Crippen LogP contribution in [-0.4, -0.2) is 37.6 Å². The zero-order chi connectivity index (χ0) is 26.4. The fourth-order valence-electron chi connectivity index (χ4n) is 5.03. The van der Waals surface area contributed by atoms with Gasteiger partial charge in [0, 0.05) is 41.7 Å². The Labute approximate surface area is 214 Å². The summed E-state index contributed by atoms with van der Waals surface area (Å²) in [5.41, 5.74) is 0.880. The summed E-state index contributed by atoms with van der Waals surface area (Å²) in [6.45, 7) is 0.238. The Balaban J connectivity index is 1.50. The predicted molar refractivity (Wildman–Crippen MR) is 127 cm³/mol. The molecule has 13 heteroatoms. The van der Waals surface area contributed by atoms with Gasteiger partial charge in [0.2, 0.25) is 0 Å². The van der Waals surface area contributed by atoms with Crippen LogP contribution < -0.4 is 9.46 Å². The number of anilines is 1. The largest absolute Gasteiger partial charge is 0.493 e. The first-order chi connectivity index (χ1) is 17.5. The Hall–Kier alpha value is -2.77. The SMILES string of the molecule is O=S(=O)(Nc1nccs1)c1cc2c(cc1F)C(N1CCC(C(F)(F)F)CC1c1ccc(F)cc1)CCO2. The number of fused-ring (bicyclic) bond motifs is 1. The number of benzene rings is 2. The summed E-state index contributed by atoms with van der Waals surface area (Å²) >= 11 is 1.03. The molecule has 198 valence electrons. The van der Waals surface area contributed by atoms with E-state index in [1.54, 1.807) is 5.38 Å². The molecule has 0 spiro atoms. The van der Waals surface area contributed by atoms with Gasteiger partial charge in [-0.1, -0.05) is 12.1 Å². The number of rotatable bonds is 5. The van der Waals surface area contributed by atoms with E-state index >= 15 is 4.39 Å². The number of hydrogen-bond acceptors (Lipinski definition) is 6. The average molecular weight is 560 g/mol.